The topological polar surface area (TPSA) is 104 Å². The maximum absolute atomic E-state index is 10.8. The average Bonchev–Trinajstić information content (AvgIpc) is 2.47. The van der Waals surface area contributed by atoms with Crippen LogP contribution in [-0.4, -0.2) is 46.1 Å². The molecule has 2 unspecified atom stereocenters. The molecule has 0 spiro atoms. The van der Waals surface area contributed by atoms with E-state index < -0.39 is 24.1 Å². The minimum atomic E-state index is -2.03. The summed E-state index contributed by atoms with van der Waals surface area (Å²) in [4.78, 5) is 21.4. The summed E-state index contributed by atoms with van der Waals surface area (Å²) in [6.45, 7) is 4.63. The van der Waals surface area contributed by atoms with Crippen LogP contribution in [0, 0.1) is 5.92 Å². The number of aliphatic hydroxyl groups is 1. The van der Waals surface area contributed by atoms with E-state index in [0.29, 0.717) is 6.42 Å². The van der Waals surface area contributed by atoms with Gasteiger partial charge in [0.05, 0.1) is 0 Å². The molecule has 0 aromatic carbocycles. The van der Waals surface area contributed by atoms with Crippen LogP contribution in [0.25, 0.3) is 0 Å². The Morgan fingerprint density at radius 1 is 0.826 bits per heavy atom. The van der Waals surface area contributed by atoms with E-state index in [1.165, 1.54) is 32.1 Å². The van der Waals surface area contributed by atoms with Crippen LogP contribution in [-0.2, 0) is 14.3 Å². The van der Waals surface area contributed by atoms with E-state index in [-0.39, 0.29) is 6.61 Å². The highest BCUT2D eigenvalue weighted by Crippen LogP contribution is 2.13. The van der Waals surface area contributed by atoms with Gasteiger partial charge in [-0.15, -0.1) is 0 Å². The molecule has 3 N–H and O–H groups in total. The summed E-state index contributed by atoms with van der Waals surface area (Å²) in [5.41, 5.74) is 0. The Kier molecular flexibility index (Phi) is 12.7. The maximum Gasteiger partial charge on any atom is 0.336 e. The second kappa shape index (κ2) is 13.3. The summed E-state index contributed by atoms with van der Waals surface area (Å²) in [6, 6.07) is 0. The zero-order valence-electron chi connectivity index (χ0n) is 14.4. The number of ether oxygens (including phenoxy) is 1. The highest BCUT2D eigenvalue weighted by Gasteiger charge is 2.32. The molecule has 0 heterocycles. The van der Waals surface area contributed by atoms with E-state index in [1.807, 2.05) is 0 Å². The van der Waals surface area contributed by atoms with Gasteiger partial charge in [-0.3, -0.25) is 0 Å². The van der Waals surface area contributed by atoms with E-state index >= 15 is 0 Å². The quantitative estimate of drug-likeness (QED) is 0.398. The van der Waals surface area contributed by atoms with Crippen molar-refractivity contribution in [2.45, 2.75) is 83.8 Å². The summed E-state index contributed by atoms with van der Waals surface area (Å²) >= 11 is 0. The van der Waals surface area contributed by atoms with Crippen LogP contribution in [0.5, 0.6) is 0 Å². The monoisotopic (exact) mass is 332 g/mol. The van der Waals surface area contributed by atoms with Crippen LogP contribution in [0.3, 0.4) is 0 Å². The van der Waals surface area contributed by atoms with Crippen molar-refractivity contribution >= 4 is 11.9 Å². The number of aliphatic carboxylic acids is 2. The molecule has 0 aliphatic carbocycles. The Labute approximate surface area is 138 Å². The maximum atomic E-state index is 10.8. The highest BCUT2D eigenvalue weighted by molar-refractivity contribution is 5.83. The summed E-state index contributed by atoms with van der Waals surface area (Å²) in [7, 11) is 0. The molecule has 0 bridgehead atoms. The molecule has 6 nitrogen and oxygen atoms in total. The summed E-state index contributed by atoms with van der Waals surface area (Å²) in [5, 5.41) is 26.7. The van der Waals surface area contributed by atoms with Gasteiger partial charge < -0.3 is 20.1 Å². The molecule has 0 amide bonds. The lowest BCUT2D eigenvalue weighted by Gasteiger charge is -2.16. The summed E-state index contributed by atoms with van der Waals surface area (Å²) < 4.78 is 4.98. The van der Waals surface area contributed by atoms with Gasteiger partial charge in [0, 0.05) is 6.61 Å². The van der Waals surface area contributed by atoms with Gasteiger partial charge >= 0.3 is 11.9 Å². The first-order valence-electron chi connectivity index (χ1n) is 8.61. The van der Waals surface area contributed by atoms with E-state index in [1.54, 1.807) is 0 Å². The van der Waals surface area contributed by atoms with E-state index in [4.69, 9.17) is 14.9 Å². The average molecular weight is 332 g/mol. The zero-order valence-corrected chi connectivity index (χ0v) is 14.4. The second-order valence-corrected chi connectivity index (χ2v) is 6.42. The van der Waals surface area contributed by atoms with Crippen molar-refractivity contribution in [3.8, 4) is 0 Å². The van der Waals surface area contributed by atoms with Crippen molar-refractivity contribution in [3.05, 3.63) is 0 Å². The number of hydrogen-bond donors (Lipinski definition) is 3. The molecule has 0 aliphatic heterocycles. The first-order valence-corrected chi connectivity index (χ1v) is 8.61. The van der Waals surface area contributed by atoms with Crippen molar-refractivity contribution in [2.75, 3.05) is 6.61 Å². The first-order chi connectivity index (χ1) is 10.9. The standard InChI is InChI=1S/C17H32O6/c1-13(2)11-9-7-5-3-4-6-8-10-12-23-15(17(21)22)14(18)16(19)20/h13-15,18H,3-12H2,1-2H3,(H,19,20)(H,21,22). The molecule has 136 valence electrons. The molecule has 0 aliphatic rings. The molecular formula is C17H32O6. The highest BCUT2D eigenvalue weighted by atomic mass is 16.5. The largest absolute Gasteiger partial charge is 0.479 e. The fraction of sp³-hybridized carbons (Fsp3) is 0.882. The number of hydrogen-bond acceptors (Lipinski definition) is 4. The van der Waals surface area contributed by atoms with Gasteiger partial charge in [0.25, 0.3) is 0 Å². The van der Waals surface area contributed by atoms with Crippen molar-refractivity contribution in [1.82, 2.24) is 0 Å². The fourth-order valence-electron chi connectivity index (χ4n) is 2.35. The molecule has 0 fully saturated rings. The smallest absolute Gasteiger partial charge is 0.336 e. The van der Waals surface area contributed by atoms with Gasteiger partial charge in [-0.05, 0) is 12.3 Å². The molecule has 0 aromatic heterocycles. The number of aliphatic hydroxyl groups excluding tert-OH is 1. The van der Waals surface area contributed by atoms with Crippen LogP contribution < -0.4 is 0 Å². The lowest BCUT2D eigenvalue weighted by atomic mass is 10.0. The molecule has 0 aromatic rings. The van der Waals surface area contributed by atoms with Gasteiger partial charge in [-0.2, -0.15) is 0 Å². The van der Waals surface area contributed by atoms with Gasteiger partial charge in [0.1, 0.15) is 0 Å². The Balaban J connectivity index is 3.54. The summed E-state index contributed by atoms with van der Waals surface area (Å²) in [6.07, 6.45) is 6.43. The van der Waals surface area contributed by atoms with Crippen LogP contribution >= 0.6 is 0 Å². The molecule has 2 atom stereocenters. The molecule has 6 heteroatoms. The van der Waals surface area contributed by atoms with E-state index in [0.717, 1.165) is 25.2 Å². The Morgan fingerprint density at radius 2 is 1.30 bits per heavy atom. The Bertz CT molecular complexity index is 329. The predicted molar refractivity (Wildman–Crippen MR) is 87.4 cm³/mol. The van der Waals surface area contributed by atoms with Crippen molar-refractivity contribution in [3.63, 3.8) is 0 Å². The Hall–Kier alpha value is -1.14. The van der Waals surface area contributed by atoms with Crippen molar-refractivity contribution in [2.24, 2.45) is 5.92 Å². The Morgan fingerprint density at radius 3 is 1.74 bits per heavy atom. The number of carbonyl (C=O) groups is 2. The predicted octanol–water partition coefficient (Wildman–Crippen LogP) is 3.07. The zero-order chi connectivity index (χ0) is 17.7. The molecule has 0 radical (unpaired) electrons. The third-order valence-electron chi connectivity index (χ3n) is 3.76. The lowest BCUT2D eigenvalue weighted by molar-refractivity contribution is -0.171. The van der Waals surface area contributed by atoms with Crippen LogP contribution in [0.15, 0.2) is 0 Å². The van der Waals surface area contributed by atoms with Crippen molar-refractivity contribution < 1.29 is 29.6 Å². The fourth-order valence-corrected chi connectivity index (χ4v) is 2.35. The number of carboxylic acid groups (broad SMARTS) is 2. The summed E-state index contributed by atoms with van der Waals surface area (Å²) in [5.74, 6) is -2.26. The number of unbranched alkanes of at least 4 members (excludes halogenated alkanes) is 7. The lowest BCUT2D eigenvalue weighted by Crippen LogP contribution is -2.41. The second-order valence-electron chi connectivity index (χ2n) is 6.42. The molecule has 0 saturated heterocycles. The molecular weight excluding hydrogens is 300 g/mol. The van der Waals surface area contributed by atoms with E-state index in [2.05, 4.69) is 13.8 Å². The third-order valence-corrected chi connectivity index (χ3v) is 3.76. The van der Waals surface area contributed by atoms with Gasteiger partial charge in [0.2, 0.25) is 0 Å². The number of rotatable bonds is 15. The minimum Gasteiger partial charge on any atom is -0.479 e. The van der Waals surface area contributed by atoms with Crippen LogP contribution in [0.1, 0.15) is 71.6 Å². The molecule has 0 rings (SSSR count). The molecule has 0 saturated carbocycles. The molecule has 23 heavy (non-hydrogen) atoms. The van der Waals surface area contributed by atoms with Gasteiger partial charge in [-0.1, -0.05) is 65.2 Å². The van der Waals surface area contributed by atoms with Gasteiger partial charge in [-0.25, -0.2) is 9.59 Å². The van der Waals surface area contributed by atoms with Crippen LogP contribution in [0.4, 0.5) is 0 Å². The van der Waals surface area contributed by atoms with Gasteiger partial charge in [0.15, 0.2) is 12.2 Å². The SMILES string of the molecule is CC(C)CCCCCCCCCCOC(C(=O)O)C(O)C(=O)O. The minimum absolute atomic E-state index is 0.149. The van der Waals surface area contributed by atoms with Crippen LogP contribution in [0.2, 0.25) is 0 Å². The third kappa shape index (κ3) is 12.0. The normalized spacial score (nSPS) is 13.9. The first kappa shape index (κ1) is 21.9. The van der Waals surface area contributed by atoms with E-state index in [9.17, 15) is 14.7 Å². The van der Waals surface area contributed by atoms with Crippen molar-refractivity contribution in [1.29, 1.82) is 0 Å². The number of carboxylic acids is 2.